The standard InChI is InChI=1S/C31H52N2O8/c1-29-10-7-17(39-28-26(38)24(33(3)4)25(37)22(15-34)40-28)13-16(29)5-6-21-20(29)8-11-30(2)19-9-12-31(21,30)41-27(32)18(19)14-23(35)36/h16-22,24-28,34,37-38H,5-15,32H2,1-4H3,(H,35,36)/t16-,17+,18+,19-,20+,21-,22-,24+,25-,26-,27-,28-,29+,30-,31+/m1/s1. The van der Waals surface area contributed by atoms with Crippen molar-refractivity contribution >= 4 is 5.97 Å². The van der Waals surface area contributed by atoms with E-state index in [-0.39, 0.29) is 41.5 Å². The minimum Gasteiger partial charge on any atom is -0.481 e. The molecule has 0 unspecified atom stereocenters. The smallest absolute Gasteiger partial charge is 0.303 e. The maximum atomic E-state index is 11.7. The Morgan fingerprint density at radius 3 is 2.41 bits per heavy atom. The van der Waals surface area contributed by atoms with E-state index in [0.29, 0.717) is 23.7 Å². The predicted molar refractivity (Wildman–Crippen MR) is 149 cm³/mol. The summed E-state index contributed by atoms with van der Waals surface area (Å²) in [5, 5.41) is 41.0. The number of aliphatic hydroxyl groups excluding tert-OH is 3. The van der Waals surface area contributed by atoms with Crippen LogP contribution in [0.15, 0.2) is 0 Å². The lowest BCUT2D eigenvalue weighted by atomic mass is 9.42. The number of hydrogen-bond donors (Lipinski definition) is 5. The normalized spacial score (nSPS) is 54.8. The molecule has 0 spiro atoms. The number of ether oxygens (including phenoxy) is 3. The third-order valence-corrected chi connectivity index (χ3v) is 13.3. The monoisotopic (exact) mass is 580 g/mol. The molecule has 6 rings (SSSR count). The molecule has 4 saturated carbocycles. The molecule has 234 valence electrons. The first-order chi connectivity index (χ1) is 19.4. The predicted octanol–water partition coefficient (Wildman–Crippen LogP) is 1.93. The zero-order valence-electron chi connectivity index (χ0n) is 25.2. The summed E-state index contributed by atoms with van der Waals surface area (Å²) in [6.45, 7) is 4.50. The Morgan fingerprint density at radius 2 is 1.73 bits per heavy atom. The molecule has 6 N–H and O–H groups in total. The summed E-state index contributed by atoms with van der Waals surface area (Å²) in [5.41, 5.74) is 6.46. The average Bonchev–Trinajstić information content (AvgIpc) is 3.11. The van der Waals surface area contributed by atoms with E-state index in [4.69, 9.17) is 19.9 Å². The SMILES string of the molecule is CN(C)[C@@H]1[C@@H](O)[C@H](O[C@H]2CC[C@@]3(C)[C@H](CC[C@@H]4[C@@H]3CC[C@]3(C)[C@@H]5CC[C@]43O[C@@H](N)[C@H]5CC(=O)O)C2)O[C@H](CO)[C@H]1O. The molecule has 2 aliphatic heterocycles. The molecule has 15 atom stereocenters. The largest absolute Gasteiger partial charge is 0.481 e. The van der Waals surface area contributed by atoms with Gasteiger partial charge in [-0.05, 0) is 101 Å². The van der Waals surface area contributed by atoms with Gasteiger partial charge in [0.05, 0.1) is 30.8 Å². The second-order valence-electron chi connectivity index (χ2n) is 15.0. The highest BCUT2D eigenvalue weighted by Gasteiger charge is 2.72. The molecule has 2 heterocycles. The minimum absolute atomic E-state index is 0.0289. The first-order valence-corrected chi connectivity index (χ1v) is 16.0. The number of aliphatic carboxylic acids is 1. The quantitative estimate of drug-likeness (QED) is 0.294. The number of carboxylic acids is 1. The van der Waals surface area contributed by atoms with Crippen molar-refractivity contribution in [3.8, 4) is 0 Å². The molecular weight excluding hydrogens is 528 g/mol. The fourth-order valence-corrected chi connectivity index (χ4v) is 11.3. The Balaban J connectivity index is 1.17. The number of carbonyl (C=O) groups is 1. The second-order valence-corrected chi connectivity index (χ2v) is 15.0. The minimum atomic E-state index is -1.02. The van der Waals surface area contributed by atoms with Crippen LogP contribution in [0.2, 0.25) is 0 Å². The molecule has 0 aromatic rings. The van der Waals surface area contributed by atoms with Crippen molar-refractivity contribution in [1.29, 1.82) is 0 Å². The fourth-order valence-electron chi connectivity index (χ4n) is 11.3. The van der Waals surface area contributed by atoms with Crippen LogP contribution >= 0.6 is 0 Å². The van der Waals surface area contributed by atoms with Gasteiger partial charge in [-0.3, -0.25) is 4.79 Å². The number of likely N-dealkylation sites (N-methyl/N-ethyl adjacent to an activating group) is 1. The van der Waals surface area contributed by atoms with Crippen molar-refractivity contribution in [2.24, 2.45) is 46.2 Å². The van der Waals surface area contributed by atoms with Crippen LogP contribution in [0.5, 0.6) is 0 Å². The summed E-state index contributed by atoms with van der Waals surface area (Å²) in [5.74, 6) is 0.831. The Bertz CT molecular complexity index is 999. The second kappa shape index (κ2) is 10.6. The van der Waals surface area contributed by atoms with E-state index in [9.17, 15) is 25.2 Å². The molecule has 6 aliphatic rings. The number of nitrogens with zero attached hydrogens (tertiary/aromatic N) is 1. The molecule has 4 aliphatic carbocycles. The van der Waals surface area contributed by atoms with Gasteiger partial charge in [-0.2, -0.15) is 0 Å². The molecule has 6 fully saturated rings. The van der Waals surface area contributed by atoms with Gasteiger partial charge in [-0.1, -0.05) is 13.8 Å². The number of nitrogens with two attached hydrogens (primary N) is 1. The molecule has 10 nitrogen and oxygen atoms in total. The van der Waals surface area contributed by atoms with Gasteiger partial charge in [0.1, 0.15) is 24.5 Å². The van der Waals surface area contributed by atoms with Crippen LogP contribution in [-0.2, 0) is 19.0 Å². The number of rotatable bonds is 6. The van der Waals surface area contributed by atoms with Crippen molar-refractivity contribution in [2.45, 2.75) is 127 Å². The first-order valence-electron chi connectivity index (χ1n) is 16.0. The van der Waals surface area contributed by atoms with Crippen molar-refractivity contribution in [2.75, 3.05) is 20.7 Å². The van der Waals surface area contributed by atoms with Gasteiger partial charge < -0.3 is 45.3 Å². The maximum Gasteiger partial charge on any atom is 0.303 e. The summed E-state index contributed by atoms with van der Waals surface area (Å²) in [7, 11) is 3.60. The number of aliphatic hydroxyl groups is 3. The Hall–Kier alpha value is -0.850. The third-order valence-electron chi connectivity index (χ3n) is 13.3. The first kappa shape index (κ1) is 30.2. The van der Waals surface area contributed by atoms with Gasteiger partial charge in [0.15, 0.2) is 6.29 Å². The molecule has 10 heteroatoms. The van der Waals surface area contributed by atoms with Crippen LogP contribution in [0.4, 0.5) is 0 Å². The van der Waals surface area contributed by atoms with Crippen LogP contribution < -0.4 is 5.73 Å². The van der Waals surface area contributed by atoms with Crippen LogP contribution in [0.3, 0.4) is 0 Å². The lowest BCUT2D eigenvalue weighted by molar-refractivity contribution is -0.310. The van der Waals surface area contributed by atoms with Gasteiger partial charge in [0.25, 0.3) is 0 Å². The van der Waals surface area contributed by atoms with E-state index in [1.54, 1.807) is 19.0 Å². The van der Waals surface area contributed by atoms with E-state index in [1.165, 1.54) is 0 Å². The number of hydrogen-bond acceptors (Lipinski definition) is 9. The van der Waals surface area contributed by atoms with Crippen molar-refractivity contribution in [1.82, 2.24) is 4.90 Å². The number of fused-ring (bicyclic) bond motifs is 3. The lowest BCUT2D eigenvalue weighted by Crippen LogP contribution is -2.68. The molecule has 0 amide bonds. The van der Waals surface area contributed by atoms with E-state index >= 15 is 0 Å². The summed E-state index contributed by atoms with van der Waals surface area (Å²) < 4.78 is 19.2. The van der Waals surface area contributed by atoms with Gasteiger partial charge in [0, 0.05) is 11.3 Å². The average molecular weight is 581 g/mol. The van der Waals surface area contributed by atoms with Gasteiger partial charge >= 0.3 is 5.97 Å². The maximum absolute atomic E-state index is 11.7. The fraction of sp³-hybridized carbons (Fsp3) is 0.968. The van der Waals surface area contributed by atoms with Crippen LogP contribution in [0.25, 0.3) is 0 Å². The highest BCUT2D eigenvalue weighted by atomic mass is 16.7. The molecule has 41 heavy (non-hydrogen) atoms. The van der Waals surface area contributed by atoms with Gasteiger partial charge in [0.2, 0.25) is 0 Å². The van der Waals surface area contributed by atoms with Crippen LogP contribution in [-0.4, -0.2) is 101 Å². The number of carboxylic acid groups (broad SMARTS) is 1. The summed E-state index contributed by atoms with van der Waals surface area (Å²) in [6, 6.07) is -0.585. The Kier molecular flexibility index (Phi) is 7.84. The molecule has 0 aromatic heterocycles. The molecular formula is C31H52N2O8. The summed E-state index contributed by atoms with van der Waals surface area (Å²) in [4.78, 5) is 13.4. The third kappa shape index (κ3) is 4.45. The summed E-state index contributed by atoms with van der Waals surface area (Å²) in [6.07, 6.45) is 4.94. The zero-order valence-corrected chi connectivity index (χ0v) is 25.2. The van der Waals surface area contributed by atoms with Gasteiger partial charge in [-0.15, -0.1) is 0 Å². The van der Waals surface area contributed by atoms with Crippen molar-refractivity contribution in [3.05, 3.63) is 0 Å². The molecule has 0 radical (unpaired) electrons. The Labute approximate surface area is 243 Å². The molecule has 2 saturated heterocycles. The lowest BCUT2D eigenvalue weighted by Gasteiger charge is -2.67. The Morgan fingerprint density at radius 1 is 1.00 bits per heavy atom. The van der Waals surface area contributed by atoms with Crippen molar-refractivity contribution < 1.29 is 39.4 Å². The van der Waals surface area contributed by atoms with E-state index in [2.05, 4.69) is 13.8 Å². The summed E-state index contributed by atoms with van der Waals surface area (Å²) >= 11 is 0. The van der Waals surface area contributed by atoms with Crippen LogP contribution in [0.1, 0.15) is 78.1 Å². The van der Waals surface area contributed by atoms with E-state index in [0.717, 1.165) is 57.8 Å². The van der Waals surface area contributed by atoms with Gasteiger partial charge in [-0.25, -0.2) is 0 Å². The topological polar surface area (TPSA) is 155 Å². The zero-order chi connectivity index (χ0) is 29.5. The molecule has 0 aromatic carbocycles. The molecule has 2 bridgehead atoms. The van der Waals surface area contributed by atoms with Crippen LogP contribution in [0, 0.1) is 40.4 Å². The van der Waals surface area contributed by atoms with E-state index < -0.39 is 42.8 Å². The highest BCUT2D eigenvalue weighted by Crippen LogP contribution is 2.73. The van der Waals surface area contributed by atoms with Crippen molar-refractivity contribution in [3.63, 3.8) is 0 Å². The van der Waals surface area contributed by atoms with E-state index in [1.807, 2.05) is 0 Å². The highest BCUT2D eigenvalue weighted by molar-refractivity contribution is 5.67.